The molecule has 0 aliphatic rings. The maximum Gasteiger partial charge on any atom is 0.279 e. The second kappa shape index (κ2) is 5.82. The molecule has 0 saturated carbocycles. The molecule has 0 spiro atoms. The summed E-state index contributed by atoms with van der Waals surface area (Å²) in [6.45, 7) is 4.04. The number of fused-ring (bicyclic) bond motifs is 1. The minimum absolute atomic E-state index is 0.204. The van der Waals surface area contributed by atoms with Crippen LogP contribution in [0.1, 0.15) is 21.5 Å². The summed E-state index contributed by atoms with van der Waals surface area (Å²) in [7, 11) is 1.93. The largest absolute Gasteiger partial charge is 0.319 e. The summed E-state index contributed by atoms with van der Waals surface area (Å²) < 4.78 is 4.07. The molecule has 112 valence electrons. The number of carbonyl (C=O) groups excluding carboxylic acids is 1. The van der Waals surface area contributed by atoms with Gasteiger partial charge in [-0.15, -0.1) is 0 Å². The van der Waals surface area contributed by atoms with E-state index in [2.05, 4.69) is 20.9 Å². The quantitative estimate of drug-likeness (QED) is 0.622. The number of halogens is 1. The zero-order valence-corrected chi connectivity index (χ0v) is 15.0. The van der Waals surface area contributed by atoms with Crippen molar-refractivity contribution >= 4 is 43.4 Å². The lowest BCUT2D eigenvalue weighted by molar-refractivity contribution is 0.0998. The number of rotatable bonds is 1. The second-order valence-electron chi connectivity index (χ2n) is 5.27. The van der Waals surface area contributed by atoms with E-state index in [1.807, 2.05) is 61.9 Å². The predicted octanol–water partition coefficient (Wildman–Crippen LogP) is 4.36. The van der Waals surface area contributed by atoms with Crippen LogP contribution in [-0.4, -0.2) is 10.5 Å². The zero-order chi connectivity index (χ0) is 15.9. The third kappa shape index (κ3) is 2.78. The average molecular weight is 375 g/mol. The molecule has 1 heterocycles. The fraction of sp³-hybridized carbons (Fsp3) is 0.176. The third-order valence-corrected chi connectivity index (χ3v) is 5.31. The van der Waals surface area contributed by atoms with Crippen LogP contribution in [0.25, 0.3) is 10.2 Å². The number of hydrogen-bond acceptors (Lipinski definition) is 2. The second-order valence-corrected chi connectivity index (χ2v) is 7.20. The lowest BCUT2D eigenvalue weighted by Gasteiger charge is -2.01. The smallest absolute Gasteiger partial charge is 0.279 e. The minimum atomic E-state index is -0.204. The fourth-order valence-electron chi connectivity index (χ4n) is 2.24. The number of nitrogens with zero attached hydrogens (tertiary/aromatic N) is 2. The molecule has 0 unspecified atom stereocenters. The normalized spacial score (nSPS) is 12.1. The van der Waals surface area contributed by atoms with Gasteiger partial charge in [-0.2, -0.15) is 4.99 Å². The summed E-state index contributed by atoms with van der Waals surface area (Å²) in [5.41, 5.74) is 3.97. The van der Waals surface area contributed by atoms with Gasteiger partial charge in [-0.3, -0.25) is 4.79 Å². The van der Waals surface area contributed by atoms with Crippen molar-refractivity contribution in [3.05, 3.63) is 62.4 Å². The van der Waals surface area contributed by atoms with E-state index in [0.717, 1.165) is 20.3 Å². The third-order valence-electron chi connectivity index (χ3n) is 3.72. The Bertz CT molecular complexity index is 953. The van der Waals surface area contributed by atoms with E-state index < -0.39 is 0 Å². The van der Waals surface area contributed by atoms with E-state index in [4.69, 9.17) is 0 Å². The molecular weight excluding hydrogens is 360 g/mol. The maximum absolute atomic E-state index is 12.4. The molecule has 2 aromatic carbocycles. The Hall–Kier alpha value is -1.72. The minimum Gasteiger partial charge on any atom is -0.319 e. The molecule has 3 aromatic rings. The van der Waals surface area contributed by atoms with Crippen molar-refractivity contribution in [1.29, 1.82) is 0 Å². The van der Waals surface area contributed by atoms with E-state index in [1.54, 1.807) is 0 Å². The van der Waals surface area contributed by atoms with Crippen LogP contribution < -0.4 is 4.80 Å². The van der Waals surface area contributed by atoms with Crippen LogP contribution in [0.4, 0.5) is 0 Å². The molecule has 3 nitrogen and oxygen atoms in total. The van der Waals surface area contributed by atoms with Crippen LogP contribution in [0.2, 0.25) is 0 Å². The van der Waals surface area contributed by atoms with Gasteiger partial charge in [0, 0.05) is 17.1 Å². The summed E-state index contributed by atoms with van der Waals surface area (Å²) in [5.74, 6) is -0.204. The summed E-state index contributed by atoms with van der Waals surface area (Å²) in [4.78, 5) is 17.4. The molecule has 0 saturated heterocycles. The van der Waals surface area contributed by atoms with E-state index in [-0.39, 0.29) is 5.91 Å². The van der Waals surface area contributed by atoms with Crippen molar-refractivity contribution in [2.75, 3.05) is 0 Å². The SMILES string of the molecule is Cc1ccc(C(=O)N=c2sc3cc(Br)ccc3n2C)cc1C. The van der Waals surface area contributed by atoms with Crippen LogP contribution >= 0.6 is 27.3 Å². The number of aryl methyl sites for hydroxylation is 3. The lowest BCUT2D eigenvalue weighted by atomic mass is 10.1. The van der Waals surface area contributed by atoms with Crippen LogP contribution in [0.15, 0.2) is 45.9 Å². The summed E-state index contributed by atoms with van der Waals surface area (Å²) in [6, 6.07) is 11.7. The monoisotopic (exact) mass is 374 g/mol. The Balaban J connectivity index is 2.09. The molecule has 0 bridgehead atoms. The van der Waals surface area contributed by atoms with Gasteiger partial charge in [0.2, 0.25) is 0 Å². The van der Waals surface area contributed by atoms with Crippen molar-refractivity contribution in [2.45, 2.75) is 13.8 Å². The number of aromatic nitrogens is 1. The highest BCUT2D eigenvalue weighted by atomic mass is 79.9. The van der Waals surface area contributed by atoms with Crippen LogP contribution in [-0.2, 0) is 7.05 Å². The first kappa shape index (κ1) is 15.2. The Morgan fingerprint density at radius 1 is 1.14 bits per heavy atom. The van der Waals surface area contributed by atoms with Crippen molar-refractivity contribution < 1.29 is 4.79 Å². The van der Waals surface area contributed by atoms with Crippen molar-refractivity contribution in [1.82, 2.24) is 4.57 Å². The number of carbonyl (C=O) groups is 1. The van der Waals surface area contributed by atoms with Gasteiger partial charge in [-0.05, 0) is 55.3 Å². The lowest BCUT2D eigenvalue weighted by Crippen LogP contribution is -2.13. The van der Waals surface area contributed by atoms with E-state index in [1.165, 1.54) is 16.9 Å². The number of amides is 1. The molecule has 1 amide bonds. The Morgan fingerprint density at radius 3 is 2.64 bits per heavy atom. The Labute approximate surface area is 141 Å². The molecule has 1 aromatic heterocycles. The van der Waals surface area contributed by atoms with Crippen molar-refractivity contribution in [3.8, 4) is 0 Å². The Kier molecular flexibility index (Phi) is 4.02. The van der Waals surface area contributed by atoms with Crippen molar-refractivity contribution in [2.24, 2.45) is 12.0 Å². The maximum atomic E-state index is 12.4. The molecule has 0 aliphatic carbocycles. The highest BCUT2D eigenvalue weighted by Gasteiger charge is 2.08. The van der Waals surface area contributed by atoms with Gasteiger partial charge in [-0.25, -0.2) is 0 Å². The van der Waals surface area contributed by atoms with Crippen molar-refractivity contribution in [3.63, 3.8) is 0 Å². The number of hydrogen-bond donors (Lipinski definition) is 0. The number of benzene rings is 2. The Morgan fingerprint density at radius 2 is 1.91 bits per heavy atom. The number of thiazole rings is 1. The molecule has 0 atom stereocenters. The molecule has 0 aliphatic heterocycles. The molecular formula is C17H15BrN2OS. The van der Waals surface area contributed by atoms with Crippen LogP contribution in [0, 0.1) is 13.8 Å². The van der Waals surface area contributed by atoms with E-state index in [9.17, 15) is 4.79 Å². The molecule has 5 heteroatoms. The summed E-state index contributed by atoms with van der Waals surface area (Å²) in [6.07, 6.45) is 0. The van der Waals surface area contributed by atoms with E-state index >= 15 is 0 Å². The molecule has 3 rings (SSSR count). The van der Waals surface area contributed by atoms with Gasteiger partial charge in [-0.1, -0.05) is 33.3 Å². The van der Waals surface area contributed by atoms with Gasteiger partial charge >= 0.3 is 0 Å². The van der Waals surface area contributed by atoms with Gasteiger partial charge < -0.3 is 4.57 Å². The first-order chi connectivity index (χ1) is 10.5. The van der Waals surface area contributed by atoms with Gasteiger partial charge in [0.05, 0.1) is 10.2 Å². The first-order valence-electron chi connectivity index (χ1n) is 6.87. The molecule has 22 heavy (non-hydrogen) atoms. The molecule has 0 radical (unpaired) electrons. The highest BCUT2D eigenvalue weighted by Crippen LogP contribution is 2.21. The average Bonchev–Trinajstić information content (AvgIpc) is 2.77. The van der Waals surface area contributed by atoms with Gasteiger partial charge in [0.1, 0.15) is 0 Å². The van der Waals surface area contributed by atoms with Crippen LogP contribution in [0.5, 0.6) is 0 Å². The zero-order valence-electron chi connectivity index (χ0n) is 12.6. The predicted molar refractivity (Wildman–Crippen MR) is 94.3 cm³/mol. The van der Waals surface area contributed by atoms with Gasteiger partial charge in [0.25, 0.3) is 5.91 Å². The fourth-order valence-corrected chi connectivity index (χ4v) is 3.81. The van der Waals surface area contributed by atoms with Crippen LogP contribution in [0.3, 0.4) is 0 Å². The standard InChI is InChI=1S/C17H15BrN2OS/c1-10-4-5-12(8-11(10)2)16(21)19-17-20(3)14-7-6-13(18)9-15(14)22-17/h4-9H,1-3H3. The van der Waals surface area contributed by atoms with Gasteiger partial charge in [0.15, 0.2) is 4.80 Å². The molecule has 0 N–H and O–H groups in total. The highest BCUT2D eigenvalue weighted by molar-refractivity contribution is 9.10. The summed E-state index contributed by atoms with van der Waals surface area (Å²) >= 11 is 4.98. The topological polar surface area (TPSA) is 34.4 Å². The van der Waals surface area contributed by atoms with E-state index in [0.29, 0.717) is 10.4 Å². The first-order valence-corrected chi connectivity index (χ1v) is 8.48. The summed E-state index contributed by atoms with van der Waals surface area (Å²) in [5, 5.41) is 0. The molecule has 0 fully saturated rings.